The normalized spacial score (nSPS) is 22.1. The van der Waals surface area contributed by atoms with Crippen molar-refractivity contribution >= 4 is 5.91 Å². The molecule has 1 fully saturated rings. The highest BCUT2D eigenvalue weighted by Gasteiger charge is 2.42. The molecule has 0 aliphatic heterocycles. The molecule has 0 heterocycles. The second-order valence-corrected chi connectivity index (χ2v) is 4.37. The van der Waals surface area contributed by atoms with Crippen molar-refractivity contribution in [2.24, 2.45) is 5.41 Å². The number of ether oxygens (including phenoxy) is 1. The van der Waals surface area contributed by atoms with Crippen LogP contribution in [-0.2, 0) is 9.53 Å². The average Bonchev–Trinajstić information content (AvgIpc) is 2.28. The minimum absolute atomic E-state index is 0.297. The van der Waals surface area contributed by atoms with E-state index in [1.54, 1.807) is 14.2 Å². The maximum Gasteiger partial charge on any atom is 0.249 e. The van der Waals surface area contributed by atoms with Gasteiger partial charge in [0.1, 0.15) is 6.10 Å². The third kappa shape index (κ3) is 2.69. The van der Waals surface area contributed by atoms with Gasteiger partial charge in [0.15, 0.2) is 0 Å². The Morgan fingerprint density at radius 2 is 2.07 bits per heavy atom. The van der Waals surface area contributed by atoms with E-state index < -0.39 is 6.10 Å². The van der Waals surface area contributed by atoms with Gasteiger partial charge < -0.3 is 15.2 Å². The molecule has 0 bridgehead atoms. The molecule has 1 rings (SSSR count). The SMILES string of the molecule is CNC(=O)[C@@H](O)C1(COC)CCCCC1. The number of aliphatic hydroxyl groups excluding tert-OH is 1. The molecule has 4 nitrogen and oxygen atoms in total. The molecule has 1 atom stereocenters. The number of hydrogen-bond donors (Lipinski definition) is 2. The van der Waals surface area contributed by atoms with Crippen LogP contribution >= 0.6 is 0 Å². The molecule has 0 spiro atoms. The largest absolute Gasteiger partial charge is 0.384 e. The monoisotopic (exact) mass is 215 g/mol. The number of likely N-dealkylation sites (N-methyl/N-ethyl adjacent to an activating group) is 1. The van der Waals surface area contributed by atoms with E-state index in [1.807, 2.05) is 0 Å². The highest BCUT2D eigenvalue weighted by Crippen LogP contribution is 2.39. The molecule has 0 saturated heterocycles. The fraction of sp³-hybridized carbons (Fsp3) is 0.909. The van der Waals surface area contributed by atoms with Gasteiger partial charge in [-0.15, -0.1) is 0 Å². The Bertz CT molecular complexity index is 206. The van der Waals surface area contributed by atoms with Crippen molar-refractivity contribution < 1.29 is 14.6 Å². The Morgan fingerprint density at radius 1 is 1.47 bits per heavy atom. The first-order valence-electron chi connectivity index (χ1n) is 5.55. The molecule has 0 aromatic carbocycles. The van der Waals surface area contributed by atoms with Crippen molar-refractivity contribution in [1.29, 1.82) is 0 Å². The lowest BCUT2D eigenvalue weighted by Crippen LogP contribution is -2.49. The number of methoxy groups -OCH3 is 1. The third-order valence-corrected chi connectivity index (χ3v) is 3.36. The molecule has 0 radical (unpaired) electrons. The van der Waals surface area contributed by atoms with E-state index in [9.17, 15) is 9.90 Å². The quantitative estimate of drug-likeness (QED) is 0.725. The van der Waals surface area contributed by atoms with Gasteiger partial charge in [0.2, 0.25) is 5.91 Å². The minimum atomic E-state index is -0.942. The zero-order chi connectivity index (χ0) is 11.3. The van der Waals surface area contributed by atoms with Crippen molar-refractivity contribution in [1.82, 2.24) is 5.32 Å². The summed E-state index contributed by atoms with van der Waals surface area (Å²) in [5.74, 6) is -0.297. The summed E-state index contributed by atoms with van der Waals surface area (Å²) in [5, 5.41) is 12.5. The summed E-state index contributed by atoms with van der Waals surface area (Å²) in [6.07, 6.45) is 4.12. The summed E-state index contributed by atoms with van der Waals surface area (Å²) in [6.45, 7) is 0.460. The second kappa shape index (κ2) is 5.47. The summed E-state index contributed by atoms with van der Waals surface area (Å²) < 4.78 is 5.16. The van der Waals surface area contributed by atoms with Gasteiger partial charge in [-0.1, -0.05) is 19.3 Å². The summed E-state index contributed by atoms with van der Waals surface area (Å²) in [7, 11) is 3.17. The highest BCUT2D eigenvalue weighted by molar-refractivity contribution is 5.81. The molecule has 0 unspecified atom stereocenters. The molecule has 0 aromatic heterocycles. The van der Waals surface area contributed by atoms with Gasteiger partial charge in [-0.3, -0.25) is 4.79 Å². The minimum Gasteiger partial charge on any atom is -0.384 e. The number of carbonyl (C=O) groups excluding carboxylic acids is 1. The Morgan fingerprint density at radius 3 is 2.53 bits per heavy atom. The first-order valence-corrected chi connectivity index (χ1v) is 5.55. The third-order valence-electron chi connectivity index (χ3n) is 3.36. The lowest BCUT2D eigenvalue weighted by atomic mass is 9.70. The van der Waals surface area contributed by atoms with Gasteiger partial charge in [0.25, 0.3) is 0 Å². The van der Waals surface area contributed by atoms with E-state index in [0.717, 1.165) is 25.7 Å². The molecule has 1 aliphatic rings. The molecular formula is C11H21NO3. The Labute approximate surface area is 91.0 Å². The fourth-order valence-electron chi connectivity index (χ4n) is 2.45. The standard InChI is InChI=1S/C11H21NO3/c1-12-10(14)9(13)11(8-15-2)6-4-3-5-7-11/h9,13H,3-8H2,1-2H3,(H,12,14)/t9-/m1/s1. The van der Waals surface area contributed by atoms with Crippen molar-refractivity contribution in [2.45, 2.75) is 38.2 Å². The Balaban J connectivity index is 2.74. The van der Waals surface area contributed by atoms with E-state index in [4.69, 9.17) is 4.74 Å². The number of nitrogens with one attached hydrogen (secondary N) is 1. The van der Waals surface area contributed by atoms with Crippen molar-refractivity contribution in [3.8, 4) is 0 Å². The Hall–Kier alpha value is -0.610. The van der Waals surface area contributed by atoms with Crippen LogP contribution in [0.3, 0.4) is 0 Å². The maximum atomic E-state index is 11.5. The van der Waals surface area contributed by atoms with Gasteiger partial charge in [0.05, 0.1) is 6.61 Å². The lowest BCUT2D eigenvalue weighted by Gasteiger charge is -2.39. The number of amides is 1. The van der Waals surface area contributed by atoms with Crippen LogP contribution in [0.25, 0.3) is 0 Å². The van der Waals surface area contributed by atoms with Gasteiger partial charge in [-0.2, -0.15) is 0 Å². The fourth-order valence-corrected chi connectivity index (χ4v) is 2.45. The first-order chi connectivity index (χ1) is 7.16. The van der Waals surface area contributed by atoms with E-state index in [2.05, 4.69) is 5.32 Å². The number of carbonyl (C=O) groups is 1. The maximum absolute atomic E-state index is 11.5. The highest BCUT2D eigenvalue weighted by atomic mass is 16.5. The first kappa shape index (κ1) is 12.5. The summed E-state index contributed by atoms with van der Waals surface area (Å²) in [6, 6.07) is 0. The van der Waals surface area contributed by atoms with Crippen LogP contribution < -0.4 is 5.32 Å². The van der Waals surface area contributed by atoms with E-state index in [-0.39, 0.29) is 11.3 Å². The van der Waals surface area contributed by atoms with Crippen LogP contribution in [0.1, 0.15) is 32.1 Å². The predicted octanol–water partition coefficient (Wildman–Crippen LogP) is 0.690. The Kier molecular flexibility index (Phi) is 4.54. The van der Waals surface area contributed by atoms with Gasteiger partial charge in [-0.05, 0) is 12.8 Å². The molecule has 2 N–H and O–H groups in total. The number of rotatable bonds is 4. The molecule has 4 heteroatoms. The van der Waals surface area contributed by atoms with Gasteiger partial charge >= 0.3 is 0 Å². The molecular weight excluding hydrogens is 194 g/mol. The predicted molar refractivity (Wildman–Crippen MR) is 57.5 cm³/mol. The van der Waals surface area contributed by atoms with Crippen molar-refractivity contribution in [2.75, 3.05) is 20.8 Å². The molecule has 1 aliphatic carbocycles. The smallest absolute Gasteiger partial charge is 0.249 e. The van der Waals surface area contributed by atoms with E-state index in [0.29, 0.717) is 6.61 Å². The molecule has 1 amide bonds. The zero-order valence-electron chi connectivity index (χ0n) is 9.58. The average molecular weight is 215 g/mol. The lowest BCUT2D eigenvalue weighted by molar-refractivity contribution is -0.142. The summed E-state index contributed by atoms with van der Waals surface area (Å²) in [4.78, 5) is 11.5. The van der Waals surface area contributed by atoms with Crippen molar-refractivity contribution in [3.05, 3.63) is 0 Å². The van der Waals surface area contributed by atoms with Crippen LogP contribution in [0.2, 0.25) is 0 Å². The van der Waals surface area contributed by atoms with Gasteiger partial charge in [0, 0.05) is 19.6 Å². The summed E-state index contributed by atoms with van der Waals surface area (Å²) in [5.41, 5.74) is -0.368. The van der Waals surface area contributed by atoms with Crippen LogP contribution in [0.4, 0.5) is 0 Å². The molecule has 15 heavy (non-hydrogen) atoms. The van der Waals surface area contributed by atoms with Crippen molar-refractivity contribution in [3.63, 3.8) is 0 Å². The van der Waals surface area contributed by atoms with Gasteiger partial charge in [-0.25, -0.2) is 0 Å². The molecule has 0 aromatic rings. The number of aliphatic hydroxyl groups is 1. The number of hydrogen-bond acceptors (Lipinski definition) is 3. The summed E-state index contributed by atoms with van der Waals surface area (Å²) >= 11 is 0. The van der Waals surface area contributed by atoms with E-state index >= 15 is 0 Å². The van der Waals surface area contributed by atoms with Crippen LogP contribution in [0, 0.1) is 5.41 Å². The van der Waals surface area contributed by atoms with E-state index in [1.165, 1.54) is 6.42 Å². The molecule has 1 saturated carbocycles. The second-order valence-electron chi connectivity index (χ2n) is 4.37. The van der Waals surface area contributed by atoms with Crippen LogP contribution in [0.15, 0.2) is 0 Å². The topological polar surface area (TPSA) is 58.6 Å². The van der Waals surface area contributed by atoms with Crippen LogP contribution in [-0.4, -0.2) is 37.9 Å². The zero-order valence-corrected chi connectivity index (χ0v) is 9.58. The van der Waals surface area contributed by atoms with Crippen LogP contribution in [0.5, 0.6) is 0 Å². The molecule has 88 valence electrons.